The van der Waals surface area contributed by atoms with E-state index in [1.165, 1.54) is 37.7 Å². The van der Waals surface area contributed by atoms with Crippen LogP contribution in [0.5, 0.6) is 0 Å². The molecular weight excluding hydrogens is 350 g/mol. The topological polar surface area (TPSA) is 70.2 Å². The van der Waals surface area contributed by atoms with Crippen molar-refractivity contribution in [1.29, 1.82) is 0 Å². The predicted molar refractivity (Wildman–Crippen MR) is 113 cm³/mol. The van der Waals surface area contributed by atoms with E-state index < -0.39 is 0 Å². The number of hydrogen-bond donors (Lipinski definition) is 2. The molecule has 28 heavy (non-hydrogen) atoms. The van der Waals surface area contributed by atoms with Gasteiger partial charge >= 0.3 is 0 Å². The summed E-state index contributed by atoms with van der Waals surface area (Å²) in [7, 11) is 0. The van der Waals surface area contributed by atoms with Crippen LogP contribution in [-0.2, 0) is 0 Å². The molecule has 148 valence electrons. The zero-order valence-corrected chi connectivity index (χ0v) is 16.5. The van der Waals surface area contributed by atoms with Gasteiger partial charge in [-0.1, -0.05) is 19.8 Å². The lowest BCUT2D eigenvalue weighted by molar-refractivity contribution is 0.102. The van der Waals surface area contributed by atoms with E-state index in [-0.39, 0.29) is 5.91 Å². The quantitative estimate of drug-likeness (QED) is 0.810. The van der Waals surface area contributed by atoms with Gasteiger partial charge in [-0.2, -0.15) is 0 Å². The number of benzene rings is 1. The monoisotopic (exact) mass is 379 g/mol. The molecule has 0 unspecified atom stereocenters. The van der Waals surface area contributed by atoms with Crippen molar-refractivity contribution >= 4 is 23.1 Å². The first-order valence-corrected chi connectivity index (χ1v) is 10.4. The van der Waals surface area contributed by atoms with E-state index in [1.807, 2.05) is 12.1 Å². The van der Waals surface area contributed by atoms with E-state index in [0.29, 0.717) is 11.7 Å². The number of hydrogen-bond acceptors (Lipinski definition) is 5. The normalized spacial score (nSPS) is 18.2. The average molecular weight is 380 g/mol. The maximum atomic E-state index is 12.6. The fourth-order valence-corrected chi connectivity index (χ4v) is 4.06. The van der Waals surface area contributed by atoms with Crippen molar-refractivity contribution < 1.29 is 4.79 Å². The molecule has 2 N–H and O–H groups in total. The summed E-state index contributed by atoms with van der Waals surface area (Å²) in [5, 5.41) is 6.35. The molecule has 1 amide bonds. The highest BCUT2D eigenvalue weighted by Crippen LogP contribution is 2.25. The summed E-state index contributed by atoms with van der Waals surface area (Å²) in [6.45, 7) is 4.52. The highest BCUT2D eigenvalue weighted by molar-refractivity contribution is 6.03. The first kappa shape index (κ1) is 18.7. The van der Waals surface area contributed by atoms with Gasteiger partial charge in [0.2, 0.25) is 0 Å². The van der Waals surface area contributed by atoms with Gasteiger partial charge in [-0.3, -0.25) is 4.79 Å². The molecule has 1 aromatic carbocycles. The summed E-state index contributed by atoms with van der Waals surface area (Å²) in [6, 6.07) is 10.3. The lowest BCUT2D eigenvalue weighted by Crippen LogP contribution is -2.32. The standard InChI is InChI=1S/C22H29N5O/c1-16-10-12-27(13-11-16)19-8-6-18(7-9-19)26-22(28)20-14-21(24-15-23-20)25-17-4-2-3-5-17/h6-9,14-17H,2-5,10-13H2,1H3,(H,26,28)(H,23,24,25). The van der Waals surface area contributed by atoms with Crippen LogP contribution in [0.1, 0.15) is 55.9 Å². The second-order valence-corrected chi connectivity index (χ2v) is 8.08. The van der Waals surface area contributed by atoms with Gasteiger partial charge in [0, 0.05) is 36.6 Å². The van der Waals surface area contributed by atoms with Crippen molar-refractivity contribution in [3.63, 3.8) is 0 Å². The Hall–Kier alpha value is -2.63. The number of rotatable bonds is 5. The van der Waals surface area contributed by atoms with Crippen LogP contribution in [-0.4, -0.2) is 35.0 Å². The van der Waals surface area contributed by atoms with Crippen molar-refractivity contribution in [3.05, 3.63) is 42.4 Å². The molecule has 4 rings (SSSR count). The Bertz CT molecular complexity index is 793. The van der Waals surface area contributed by atoms with Crippen molar-refractivity contribution in [1.82, 2.24) is 9.97 Å². The summed E-state index contributed by atoms with van der Waals surface area (Å²) in [4.78, 5) is 23.4. The van der Waals surface area contributed by atoms with Crippen LogP contribution in [0.25, 0.3) is 0 Å². The zero-order chi connectivity index (χ0) is 19.3. The Morgan fingerprint density at radius 2 is 1.75 bits per heavy atom. The number of carbonyl (C=O) groups excluding carboxylic acids is 1. The Balaban J connectivity index is 1.36. The fourth-order valence-electron chi connectivity index (χ4n) is 4.06. The van der Waals surface area contributed by atoms with Gasteiger partial charge in [0.1, 0.15) is 17.8 Å². The summed E-state index contributed by atoms with van der Waals surface area (Å²) in [5.74, 6) is 1.33. The Labute approximate surface area is 166 Å². The van der Waals surface area contributed by atoms with Crippen LogP contribution in [0.15, 0.2) is 36.7 Å². The van der Waals surface area contributed by atoms with Crippen LogP contribution < -0.4 is 15.5 Å². The van der Waals surface area contributed by atoms with E-state index in [1.54, 1.807) is 6.07 Å². The molecule has 2 aliphatic rings. The molecule has 1 aliphatic carbocycles. The summed E-state index contributed by atoms with van der Waals surface area (Å²) in [6.07, 6.45) is 8.76. The predicted octanol–water partition coefficient (Wildman–Crippen LogP) is 4.32. The molecule has 1 aliphatic heterocycles. The number of nitrogens with one attached hydrogen (secondary N) is 2. The van der Waals surface area contributed by atoms with Crippen LogP contribution in [0.3, 0.4) is 0 Å². The summed E-state index contributed by atoms with van der Waals surface area (Å²) in [5.41, 5.74) is 2.38. The smallest absolute Gasteiger partial charge is 0.274 e. The number of carbonyl (C=O) groups is 1. The van der Waals surface area contributed by atoms with Gasteiger partial charge in [0.25, 0.3) is 5.91 Å². The first-order valence-electron chi connectivity index (χ1n) is 10.4. The van der Waals surface area contributed by atoms with E-state index >= 15 is 0 Å². The molecule has 2 fully saturated rings. The average Bonchev–Trinajstić information content (AvgIpc) is 3.22. The van der Waals surface area contributed by atoms with Gasteiger partial charge in [-0.25, -0.2) is 9.97 Å². The molecular formula is C22H29N5O. The molecule has 0 spiro atoms. The van der Waals surface area contributed by atoms with Crippen molar-refractivity contribution in [3.8, 4) is 0 Å². The lowest BCUT2D eigenvalue weighted by Gasteiger charge is -2.32. The molecule has 0 radical (unpaired) electrons. The molecule has 1 saturated heterocycles. The SMILES string of the molecule is CC1CCN(c2ccc(NC(=O)c3cc(NC4CCCC4)ncn3)cc2)CC1. The molecule has 2 heterocycles. The van der Waals surface area contributed by atoms with E-state index in [9.17, 15) is 4.79 Å². The van der Waals surface area contributed by atoms with Crippen molar-refractivity contribution in [2.75, 3.05) is 28.6 Å². The molecule has 1 aromatic heterocycles. The van der Waals surface area contributed by atoms with Gasteiger partial charge < -0.3 is 15.5 Å². The number of amides is 1. The molecule has 0 atom stereocenters. The van der Waals surface area contributed by atoms with E-state index in [2.05, 4.69) is 44.6 Å². The summed E-state index contributed by atoms with van der Waals surface area (Å²) >= 11 is 0. The third-order valence-electron chi connectivity index (χ3n) is 5.88. The van der Waals surface area contributed by atoms with Crippen molar-refractivity contribution in [2.45, 2.75) is 51.5 Å². The maximum absolute atomic E-state index is 12.6. The molecule has 1 saturated carbocycles. The van der Waals surface area contributed by atoms with Gasteiger partial charge in [0.15, 0.2) is 0 Å². The Kier molecular flexibility index (Phi) is 5.74. The highest BCUT2D eigenvalue weighted by Gasteiger charge is 2.17. The van der Waals surface area contributed by atoms with Gasteiger partial charge in [0.05, 0.1) is 0 Å². The second kappa shape index (κ2) is 8.59. The molecule has 0 bridgehead atoms. The van der Waals surface area contributed by atoms with E-state index in [4.69, 9.17) is 0 Å². The Morgan fingerprint density at radius 3 is 2.46 bits per heavy atom. The minimum Gasteiger partial charge on any atom is -0.372 e. The van der Waals surface area contributed by atoms with Crippen LogP contribution >= 0.6 is 0 Å². The highest BCUT2D eigenvalue weighted by atomic mass is 16.1. The molecule has 2 aromatic rings. The van der Waals surface area contributed by atoms with Crippen molar-refractivity contribution in [2.24, 2.45) is 5.92 Å². The minimum absolute atomic E-state index is 0.212. The largest absolute Gasteiger partial charge is 0.372 e. The first-order chi connectivity index (χ1) is 13.7. The third-order valence-corrected chi connectivity index (χ3v) is 5.88. The number of nitrogens with zero attached hydrogens (tertiary/aromatic N) is 3. The number of anilines is 3. The molecule has 6 nitrogen and oxygen atoms in total. The van der Waals surface area contributed by atoms with Gasteiger partial charge in [-0.05, 0) is 55.9 Å². The zero-order valence-electron chi connectivity index (χ0n) is 16.5. The lowest BCUT2D eigenvalue weighted by atomic mass is 9.99. The van der Waals surface area contributed by atoms with Crippen LogP contribution in [0, 0.1) is 5.92 Å². The van der Waals surface area contributed by atoms with Crippen LogP contribution in [0.2, 0.25) is 0 Å². The summed E-state index contributed by atoms with van der Waals surface area (Å²) < 4.78 is 0. The Morgan fingerprint density at radius 1 is 1.04 bits per heavy atom. The van der Waals surface area contributed by atoms with Gasteiger partial charge in [-0.15, -0.1) is 0 Å². The van der Waals surface area contributed by atoms with Crippen LogP contribution in [0.4, 0.5) is 17.2 Å². The maximum Gasteiger partial charge on any atom is 0.274 e. The second-order valence-electron chi connectivity index (χ2n) is 8.08. The third kappa shape index (κ3) is 4.61. The number of aromatic nitrogens is 2. The van der Waals surface area contributed by atoms with E-state index in [0.717, 1.165) is 43.4 Å². The minimum atomic E-state index is -0.212. The number of piperidine rings is 1. The molecule has 6 heteroatoms. The fraction of sp³-hybridized carbons (Fsp3) is 0.500.